The molecule has 5 heteroatoms. The number of hydrogen-bond donors (Lipinski definition) is 2. The molecule has 2 rings (SSSR count). The summed E-state index contributed by atoms with van der Waals surface area (Å²) in [6.07, 6.45) is 1.52. The molecular weight excluding hydrogens is 244 g/mol. The molecule has 0 aliphatic rings. The van der Waals surface area contributed by atoms with Crippen LogP contribution in [0, 0.1) is 6.92 Å². The van der Waals surface area contributed by atoms with E-state index < -0.39 is 5.91 Å². The molecule has 0 atom stereocenters. The molecule has 1 aromatic heterocycles. The maximum atomic E-state index is 11.9. The summed E-state index contributed by atoms with van der Waals surface area (Å²) in [5.41, 5.74) is 1.20. The van der Waals surface area contributed by atoms with E-state index in [2.05, 4.69) is 5.32 Å². The third kappa shape index (κ3) is 2.82. The lowest BCUT2D eigenvalue weighted by molar-refractivity contribution is 0.102. The first-order valence-electron chi connectivity index (χ1n) is 5.75. The molecule has 0 radical (unpaired) electrons. The Balaban J connectivity index is 2.25. The first kappa shape index (κ1) is 12.9. The molecule has 1 amide bonds. The third-order valence-electron chi connectivity index (χ3n) is 2.77. The molecule has 0 bridgehead atoms. The van der Waals surface area contributed by atoms with Gasteiger partial charge in [0, 0.05) is 24.9 Å². The van der Waals surface area contributed by atoms with Crippen molar-refractivity contribution in [3.63, 3.8) is 0 Å². The van der Waals surface area contributed by atoms with Gasteiger partial charge >= 0.3 is 0 Å². The number of benzene rings is 1. The minimum Gasteiger partial charge on any atom is -0.506 e. The van der Waals surface area contributed by atoms with Crippen LogP contribution in [0.3, 0.4) is 0 Å². The molecule has 0 aliphatic carbocycles. The van der Waals surface area contributed by atoms with Crippen molar-refractivity contribution in [2.75, 3.05) is 5.32 Å². The van der Waals surface area contributed by atoms with Crippen LogP contribution in [0.4, 0.5) is 5.69 Å². The van der Waals surface area contributed by atoms with Gasteiger partial charge in [-0.1, -0.05) is 6.07 Å². The second-order valence-electron chi connectivity index (χ2n) is 4.34. The number of carbonyl (C=O) groups excluding carboxylic acids is 1. The number of carbonyl (C=O) groups is 1. The highest BCUT2D eigenvalue weighted by atomic mass is 16.3. The van der Waals surface area contributed by atoms with Gasteiger partial charge in [0.15, 0.2) is 0 Å². The molecule has 0 saturated heterocycles. The highest BCUT2D eigenvalue weighted by Crippen LogP contribution is 2.24. The van der Waals surface area contributed by atoms with Gasteiger partial charge < -0.3 is 15.0 Å². The zero-order valence-corrected chi connectivity index (χ0v) is 10.7. The van der Waals surface area contributed by atoms with Crippen molar-refractivity contribution in [3.8, 4) is 5.75 Å². The van der Waals surface area contributed by atoms with E-state index in [1.54, 1.807) is 31.3 Å². The van der Waals surface area contributed by atoms with Crippen LogP contribution < -0.4 is 10.9 Å². The molecule has 1 heterocycles. The molecule has 0 unspecified atom stereocenters. The number of aryl methyl sites for hydroxylation is 2. The minimum absolute atomic E-state index is 0.00261. The molecule has 0 aliphatic heterocycles. The number of anilines is 1. The molecule has 2 aromatic rings. The lowest BCUT2D eigenvalue weighted by atomic mass is 10.2. The van der Waals surface area contributed by atoms with E-state index >= 15 is 0 Å². The van der Waals surface area contributed by atoms with E-state index in [1.165, 1.54) is 16.8 Å². The first-order valence-corrected chi connectivity index (χ1v) is 5.75. The molecule has 98 valence electrons. The molecule has 0 spiro atoms. The summed E-state index contributed by atoms with van der Waals surface area (Å²) < 4.78 is 1.38. The fraction of sp³-hybridized carbons (Fsp3) is 0.143. The van der Waals surface area contributed by atoms with Crippen LogP contribution in [0.25, 0.3) is 0 Å². The Kier molecular flexibility index (Phi) is 3.37. The van der Waals surface area contributed by atoms with Crippen LogP contribution in [0.5, 0.6) is 5.75 Å². The Morgan fingerprint density at radius 1 is 1.26 bits per heavy atom. The highest BCUT2D eigenvalue weighted by Gasteiger charge is 2.09. The predicted molar refractivity (Wildman–Crippen MR) is 72.5 cm³/mol. The van der Waals surface area contributed by atoms with Crippen LogP contribution >= 0.6 is 0 Å². The standard InChI is InChI=1S/C14H14N2O3/c1-9-3-4-11(12(17)7-9)15-14(19)10-5-6-16(2)13(18)8-10/h3-8,17H,1-2H3,(H,15,19). The lowest BCUT2D eigenvalue weighted by Gasteiger charge is -2.08. The second-order valence-corrected chi connectivity index (χ2v) is 4.34. The number of nitrogens with zero attached hydrogens (tertiary/aromatic N) is 1. The van der Waals surface area contributed by atoms with Gasteiger partial charge in [0.25, 0.3) is 11.5 Å². The zero-order valence-electron chi connectivity index (χ0n) is 10.7. The average molecular weight is 258 g/mol. The van der Waals surface area contributed by atoms with Crippen molar-refractivity contribution >= 4 is 11.6 Å². The summed E-state index contributed by atoms with van der Waals surface area (Å²) in [4.78, 5) is 23.4. The highest BCUT2D eigenvalue weighted by molar-refractivity contribution is 6.04. The van der Waals surface area contributed by atoms with Gasteiger partial charge in [-0.05, 0) is 30.7 Å². The van der Waals surface area contributed by atoms with Crippen LogP contribution in [-0.2, 0) is 7.05 Å². The Bertz CT molecular complexity index is 689. The van der Waals surface area contributed by atoms with Crippen molar-refractivity contribution in [2.45, 2.75) is 6.92 Å². The third-order valence-corrected chi connectivity index (χ3v) is 2.77. The fourth-order valence-corrected chi connectivity index (χ4v) is 1.63. The van der Waals surface area contributed by atoms with E-state index in [-0.39, 0.29) is 16.9 Å². The number of rotatable bonds is 2. The summed E-state index contributed by atoms with van der Waals surface area (Å²) in [7, 11) is 1.61. The monoisotopic (exact) mass is 258 g/mol. The number of pyridine rings is 1. The van der Waals surface area contributed by atoms with Gasteiger partial charge in [0.2, 0.25) is 0 Å². The smallest absolute Gasteiger partial charge is 0.256 e. The SMILES string of the molecule is Cc1ccc(NC(=O)c2ccn(C)c(=O)c2)c(O)c1. The number of hydrogen-bond acceptors (Lipinski definition) is 3. The van der Waals surface area contributed by atoms with Crippen LogP contribution in [0.1, 0.15) is 15.9 Å². The number of phenols is 1. The number of amides is 1. The maximum Gasteiger partial charge on any atom is 0.256 e. The van der Waals surface area contributed by atoms with E-state index in [1.807, 2.05) is 6.92 Å². The molecule has 0 saturated carbocycles. The number of aromatic nitrogens is 1. The van der Waals surface area contributed by atoms with Gasteiger partial charge in [-0.3, -0.25) is 9.59 Å². The van der Waals surface area contributed by atoms with E-state index in [4.69, 9.17) is 0 Å². The maximum absolute atomic E-state index is 11.9. The zero-order chi connectivity index (χ0) is 14.0. The first-order chi connectivity index (χ1) is 8.97. The molecule has 1 aromatic carbocycles. The molecule has 2 N–H and O–H groups in total. The van der Waals surface area contributed by atoms with Crippen molar-refractivity contribution in [1.29, 1.82) is 0 Å². The van der Waals surface area contributed by atoms with E-state index in [0.29, 0.717) is 5.69 Å². The van der Waals surface area contributed by atoms with E-state index in [0.717, 1.165) is 5.56 Å². The topological polar surface area (TPSA) is 71.3 Å². The fourth-order valence-electron chi connectivity index (χ4n) is 1.63. The number of aromatic hydroxyl groups is 1. The summed E-state index contributed by atoms with van der Waals surface area (Å²) in [5, 5.41) is 12.3. The number of phenolic OH excluding ortho intramolecular Hbond substituents is 1. The van der Waals surface area contributed by atoms with Gasteiger partial charge in [-0.15, -0.1) is 0 Å². The normalized spacial score (nSPS) is 10.2. The summed E-state index contributed by atoms with van der Waals surface area (Å²) in [6.45, 7) is 1.84. The van der Waals surface area contributed by atoms with Gasteiger partial charge in [0.1, 0.15) is 5.75 Å². The minimum atomic E-state index is -0.433. The summed E-state index contributed by atoms with van der Waals surface area (Å²) in [5.74, 6) is -0.436. The van der Waals surface area contributed by atoms with Crippen LogP contribution in [0.2, 0.25) is 0 Å². The predicted octanol–water partition coefficient (Wildman–Crippen LogP) is 1.65. The quantitative estimate of drug-likeness (QED) is 0.805. The Labute approximate surface area is 110 Å². The number of nitrogens with one attached hydrogen (secondary N) is 1. The summed E-state index contributed by atoms with van der Waals surface area (Å²) in [6, 6.07) is 7.74. The van der Waals surface area contributed by atoms with Gasteiger partial charge in [0.05, 0.1) is 5.69 Å². The second kappa shape index (κ2) is 4.97. The van der Waals surface area contributed by atoms with Crippen molar-refractivity contribution in [3.05, 3.63) is 58.0 Å². The largest absolute Gasteiger partial charge is 0.506 e. The average Bonchev–Trinajstić information content (AvgIpc) is 2.36. The Morgan fingerprint density at radius 2 is 2.00 bits per heavy atom. The molecule has 0 fully saturated rings. The lowest BCUT2D eigenvalue weighted by Crippen LogP contribution is -2.20. The van der Waals surface area contributed by atoms with E-state index in [9.17, 15) is 14.7 Å². The van der Waals surface area contributed by atoms with Crippen molar-refractivity contribution in [2.24, 2.45) is 7.05 Å². The molecule has 5 nitrogen and oxygen atoms in total. The van der Waals surface area contributed by atoms with Crippen molar-refractivity contribution in [1.82, 2.24) is 4.57 Å². The molecular formula is C14H14N2O3. The van der Waals surface area contributed by atoms with Crippen LogP contribution in [0.15, 0.2) is 41.3 Å². The van der Waals surface area contributed by atoms with Gasteiger partial charge in [-0.2, -0.15) is 0 Å². The van der Waals surface area contributed by atoms with Gasteiger partial charge in [-0.25, -0.2) is 0 Å². The Hall–Kier alpha value is -2.56. The Morgan fingerprint density at radius 3 is 2.63 bits per heavy atom. The van der Waals surface area contributed by atoms with Crippen LogP contribution in [-0.4, -0.2) is 15.6 Å². The van der Waals surface area contributed by atoms with Crippen molar-refractivity contribution < 1.29 is 9.90 Å². The summed E-state index contributed by atoms with van der Waals surface area (Å²) >= 11 is 0. The molecule has 19 heavy (non-hydrogen) atoms.